The van der Waals surface area contributed by atoms with Gasteiger partial charge in [-0.1, -0.05) is 6.07 Å². The zero-order valence-corrected chi connectivity index (χ0v) is 10.1. The summed E-state index contributed by atoms with van der Waals surface area (Å²) in [6.45, 7) is 0. The van der Waals surface area contributed by atoms with Crippen molar-refractivity contribution in [3.63, 3.8) is 0 Å². The van der Waals surface area contributed by atoms with Gasteiger partial charge in [-0.05, 0) is 45.8 Å². The van der Waals surface area contributed by atoms with Crippen LogP contribution in [-0.4, -0.2) is 0 Å². The van der Waals surface area contributed by atoms with Crippen molar-refractivity contribution in [1.29, 1.82) is 0 Å². The highest BCUT2D eigenvalue weighted by atomic mass is 79.9. The van der Waals surface area contributed by atoms with Crippen molar-refractivity contribution < 1.29 is 13.2 Å². The van der Waals surface area contributed by atoms with E-state index in [-0.39, 0.29) is 21.3 Å². The van der Waals surface area contributed by atoms with Crippen LogP contribution in [0.3, 0.4) is 0 Å². The molecule has 2 N–H and O–H groups in total. The summed E-state index contributed by atoms with van der Waals surface area (Å²) in [6.07, 6.45) is 0. The van der Waals surface area contributed by atoms with Crippen molar-refractivity contribution in [1.82, 2.24) is 0 Å². The van der Waals surface area contributed by atoms with Gasteiger partial charge in [0.1, 0.15) is 17.5 Å². The first-order chi connectivity index (χ1) is 8.00. The standard InChI is InChI=1S/C12H7BrF3N/c13-7-2-3-8(14)11(12(7)16)6-1-4-10(17)9(15)5-6/h1-5H,17H2. The Morgan fingerprint density at radius 1 is 0.941 bits per heavy atom. The topological polar surface area (TPSA) is 26.0 Å². The molecule has 0 aliphatic rings. The normalized spacial score (nSPS) is 10.6. The van der Waals surface area contributed by atoms with Crippen molar-refractivity contribution >= 4 is 21.6 Å². The molecule has 1 nitrogen and oxygen atoms in total. The summed E-state index contributed by atoms with van der Waals surface area (Å²) in [5.41, 5.74) is 5.06. The van der Waals surface area contributed by atoms with Gasteiger partial charge in [0.2, 0.25) is 0 Å². The van der Waals surface area contributed by atoms with Crippen molar-refractivity contribution in [2.24, 2.45) is 0 Å². The monoisotopic (exact) mass is 301 g/mol. The summed E-state index contributed by atoms with van der Waals surface area (Å²) in [7, 11) is 0. The van der Waals surface area contributed by atoms with Crippen LogP contribution in [0.2, 0.25) is 0 Å². The second kappa shape index (κ2) is 4.41. The molecule has 0 fully saturated rings. The molecule has 0 aliphatic carbocycles. The van der Waals surface area contributed by atoms with E-state index in [9.17, 15) is 13.2 Å². The first-order valence-electron chi connectivity index (χ1n) is 4.69. The summed E-state index contributed by atoms with van der Waals surface area (Å²) >= 11 is 2.95. The Morgan fingerprint density at radius 2 is 1.65 bits per heavy atom. The second-order valence-corrected chi connectivity index (χ2v) is 4.31. The lowest BCUT2D eigenvalue weighted by molar-refractivity contribution is 0.584. The molecule has 88 valence electrons. The smallest absolute Gasteiger partial charge is 0.148 e. The highest BCUT2D eigenvalue weighted by molar-refractivity contribution is 9.10. The molecule has 0 amide bonds. The summed E-state index contributed by atoms with van der Waals surface area (Å²) in [5, 5.41) is 0. The Bertz CT molecular complexity index is 584. The maximum atomic E-state index is 13.7. The molecule has 5 heteroatoms. The fraction of sp³-hybridized carbons (Fsp3) is 0. The Kier molecular flexibility index (Phi) is 3.11. The van der Waals surface area contributed by atoms with E-state index in [1.165, 1.54) is 18.2 Å². The molecule has 0 spiro atoms. The maximum Gasteiger partial charge on any atom is 0.148 e. The highest BCUT2D eigenvalue weighted by Gasteiger charge is 2.15. The third kappa shape index (κ3) is 2.15. The van der Waals surface area contributed by atoms with Gasteiger partial charge in [0.05, 0.1) is 15.7 Å². The van der Waals surface area contributed by atoms with E-state index in [2.05, 4.69) is 15.9 Å². The van der Waals surface area contributed by atoms with E-state index in [1.54, 1.807) is 0 Å². The number of anilines is 1. The van der Waals surface area contributed by atoms with Crippen LogP contribution in [0.25, 0.3) is 11.1 Å². The van der Waals surface area contributed by atoms with E-state index >= 15 is 0 Å². The highest BCUT2D eigenvalue weighted by Crippen LogP contribution is 2.31. The van der Waals surface area contributed by atoms with E-state index in [0.717, 1.165) is 12.1 Å². The van der Waals surface area contributed by atoms with E-state index in [4.69, 9.17) is 5.73 Å². The van der Waals surface area contributed by atoms with Gasteiger partial charge >= 0.3 is 0 Å². The van der Waals surface area contributed by atoms with Crippen molar-refractivity contribution in [3.05, 3.63) is 52.3 Å². The number of halogens is 4. The summed E-state index contributed by atoms with van der Waals surface area (Å²) in [4.78, 5) is 0. The molecule has 2 aromatic carbocycles. The van der Waals surface area contributed by atoms with Crippen LogP contribution in [0, 0.1) is 17.5 Å². The molecular formula is C12H7BrF3N. The zero-order chi connectivity index (χ0) is 12.6. The second-order valence-electron chi connectivity index (χ2n) is 3.45. The van der Waals surface area contributed by atoms with Gasteiger partial charge in [-0.15, -0.1) is 0 Å². The van der Waals surface area contributed by atoms with Crippen LogP contribution < -0.4 is 5.73 Å². The largest absolute Gasteiger partial charge is 0.396 e. The number of hydrogen-bond donors (Lipinski definition) is 1. The molecule has 0 bridgehead atoms. The first kappa shape index (κ1) is 12.0. The zero-order valence-electron chi connectivity index (χ0n) is 8.48. The molecule has 0 heterocycles. The summed E-state index contributed by atoms with van der Waals surface area (Å²) in [5.74, 6) is -2.23. The predicted molar refractivity (Wildman–Crippen MR) is 63.9 cm³/mol. The van der Waals surface area contributed by atoms with Crippen LogP contribution in [-0.2, 0) is 0 Å². The molecule has 17 heavy (non-hydrogen) atoms. The lowest BCUT2D eigenvalue weighted by Gasteiger charge is -2.07. The lowest BCUT2D eigenvalue weighted by Crippen LogP contribution is -1.94. The Labute approximate surface area is 104 Å². The number of nitrogen functional groups attached to an aromatic ring is 1. The van der Waals surface area contributed by atoms with Gasteiger partial charge in [-0.3, -0.25) is 0 Å². The Balaban J connectivity index is 2.68. The maximum absolute atomic E-state index is 13.7. The van der Waals surface area contributed by atoms with Crippen LogP contribution in [0.4, 0.5) is 18.9 Å². The van der Waals surface area contributed by atoms with Crippen LogP contribution in [0.15, 0.2) is 34.8 Å². The lowest BCUT2D eigenvalue weighted by atomic mass is 10.0. The predicted octanol–water partition coefficient (Wildman–Crippen LogP) is 4.12. The first-order valence-corrected chi connectivity index (χ1v) is 5.49. The van der Waals surface area contributed by atoms with Crippen LogP contribution >= 0.6 is 15.9 Å². The molecular weight excluding hydrogens is 295 g/mol. The van der Waals surface area contributed by atoms with E-state index < -0.39 is 17.5 Å². The number of hydrogen-bond acceptors (Lipinski definition) is 1. The van der Waals surface area contributed by atoms with E-state index in [1.807, 2.05) is 0 Å². The molecule has 2 aromatic rings. The average molecular weight is 302 g/mol. The minimum atomic E-state index is -0.769. The minimum absolute atomic E-state index is 0.0652. The van der Waals surface area contributed by atoms with Crippen LogP contribution in [0.1, 0.15) is 0 Å². The van der Waals surface area contributed by atoms with Crippen LogP contribution in [0.5, 0.6) is 0 Å². The molecule has 2 rings (SSSR count). The molecule has 0 unspecified atom stereocenters. The van der Waals surface area contributed by atoms with Gasteiger partial charge in [-0.2, -0.15) is 0 Å². The molecule has 0 aliphatic heterocycles. The molecule has 0 radical (unpaired) electrons. The minimum Gasteiger partial charge on any atom is -0.396 e. The third-order valence-electron chi connectivity index (χ3n) is 2.33. The van der Waals surface area contributed by atoms with Gasteiger partial charge in [0, 0.05) is 0 Å². The quantitative estimate of drug-likeness (QED) is 0.622. The molecule has 0 atom stereocenters. The Hall–Kier alpha value is -1.49. The SMILES string of the molecule is Nc1ccc(-c2c(F)ccc(Br)c2F)cc1F. The number of benzene rings is 2. The molecule has 0 saturated heterocycles. The van der Waals surface area contributed by atoms with Crippen molar-refractivity contribution in [2.45, 2.75) is 0 Å². The molecule has 0 saturated carbocycles. The van der Waals surface area contributed by atoms with Gasteiger partial charge in [0.15, 0.2) is 0 Å². The van der Waals surface area contributed by atoms with Gasteiger partial charge in [-0.25, -0.2) is 13.2 Å². The summed E-state index contributed by atoms with van der Waals surface area (Å²) in [6, 6.07) is 6.00. The summed E-state index contributed by atoms with van der Waals surface area (Å²) < 4.78 is 40.6. The average Bonchev–Trinajstić information content (AvgIpc) is 2.29. The van der Waals surface area contributed by atoms with Crippen molar-refractivity contribution in [2.75, 3.05) is 5.73 Å². The van der Waals surface area contributed by atoms with Gasteiger partial charge < -0.3 is 5.73 Å². The number of nitrogens with two attached hydrogens (primary N) is 1. The van der Waals surface area contributed by atoms with Crippen molar-refractivity contribution in [3.8, 4) is 11.1 Å². The number of rotatable bonds is 1. The Morgan fingerprint density at radius 3 is 2.29 bits per heavy atom. The van der Waals surface area contributed by atoms with E-state index in [0.29, 0.717) is 0 Å². The third-order valence-corrected chi connectivity index (χ3v) is 2.95. The van der Waals surface area contributed by atoms with Gasteiger partial charge in [0.25, 0.3) is 0 Å². The fourth-order valence-electron chi connectivity index (χ4n) is 1.47. The molecule has 0 aromatic heterocycles. The fourth-order valence-corrected chi connectivity index (χ4v) is 1.80.